The van der Waals surface area contributed by atoms with Crippen molar-refractivity contribution in [2.45, 2.75) is 44.7 Å². The Hall–Kier alpha value is -0.970. The average Bonchev–Trinajstić information content (AvgIpc) is 3.13. The van der Waals surface area contributed by atoms with Crippen LogP contribution in [0.5, 0.6) is 0 Å². The maximum absolute atomic E-state index is 12.0. The number of para-hydroxylation sites is 1. The molecule has 0 bridgehead atoms. The third kappa shape index (κ3) is 5.00. The minimum absolute atomic E-state index is 0. The molecule has 1 aromatic rings. The van der Waals surface area contributed by atoms with Crippen molar-refractivity contribution >= 4 is 36.4 Å². The van der Waals surface area contributed by atoms with Gasteiger partial charge < -0.3 is 15.5 Å². The molecule has 6 heteroatoms. The topological polar surface area (TPSA) is 44.4 Å². The summed E-state index contributed by atoms with van der Waals surface area (Å²) in [5.74, 6) is 0.175. The summed E-state index contributed by atoms with van der Waals surface area (Å²) >= 11 is 0. The van der Waals surface area contributed by atoms with Gasteiger partial charge in [-0.15, -0.1) is 24.8 Å². The number of carbonyl (C=O) groups excluding carboxylic acids is 1. The molecule has 2 aliphatic rings. The molecule has 1 amide bonds. The van der Waals surface area contributed by atoms with Crippen LogP contribution >= 0.6 is 24.8 Å². The molecule has 130 valence electrons. The van der Waals surface area contributed by atoms with E-state index in [-0.39, 0.29) is 30.7 Å². The summed E-state index contributed by atoms with van der Waals surface area (Å²) < 4.78 is 0. The second-order valence-corrected chi connectivity index (χ2v) is 6.22. The largest absolute Gasteiger partial charge is 0.366 e. The molecule has 1 aromatic carbocycles. The summed E-state index contributed by atoms with van der Waals surface area (Å²) in [6.07, 6.45) is 4.05. The summed E-state index contributed by atoms with van der Waals surface area (Å²) in [6, 6.07) is 9.30. The number of hydrogen-bond acceptors (Lipinski definition) is 3. The van der Waals surface area contributed by atoms with Crippen molar-refractivity contribution in [2.75, 3.05) is 24.5 Å². The Bertz CT molecular complexity index is 506. The van der Waals surface area contributed by atoms with Crippen molar-refractivity contribution in [1.82, 2.24) is 10.6 Å². The lowest BCUT2D eigenvalue weighted by atomic mass is 10.1. The van der Waals surface area contributed by atoms with Crippen LogP contribution in [0, 0.1) is 0 Å². The van der Waals surface area contributed by atoms with Crippen molar-refractivity contribution in [3.63, 3.8) is 0 Å². The van der Waals surface area contributed by atoms with Crippen LogP contribution in [-0.2, 0) is 11.2 Å². The lowest BCUT2D eigenvalue weighted by molar-refractivity contribution is -0.121. The number of benzene rings is 1. The van der Waals surface area contributed by atoms with Gasteiger partial charge in [0.1, 0.15) is 0 Å². The van der Waals surface area contributed by atoms with E-state index >= 15 is 0 Å². The number of anilines is 1. The monoisotopic (exact) mass is 359 g/mol. The summed E-state index contributed by atoms with van der Waals surface area (Å²) in [6.45, 7) is 5.02. The minimum atomic E-state index is 0. The van der Waals surface area contributed by atoms with Gasteiger partial charge in [-0.2, -0.15) is 0 Å². The first-order valence-electron chi connectivity index (χ1n) is 8.08. The second kappa shape index (κ2) is 9.36. The Morgan fingerprint density at radius 2 is 2.17 bits per heavy atom. The quantitative estimate of drug-likeness (QED) is 0.848. The van der Waals surface area contributed by atoms with E-state index < -0.39 is 0 Å². The molecular formula is C17H27Cl2N3O. The van der Waals surface area contributed by atoms with Crippen LogP contribution in [-0.4, -0.2) is 37.6 Å². The van der Waals surface area contributed by atoms with E-state index in [1.165, 1.54) is 17.7 Å². The van der Waals surface area contributed by atoms with Gasteiger partial charge in [-0.3, -0.25) is 4.79 Å². The van der Waals surface area contributed by atoms with Gasteiger partial charge in [-0.05, 0) is 44.4 Å². The van der Waals surface area contributed by atoms with E-state index in [1.807, 2.05) is 0 Å². The Kier molecular flexibility index (Phi) is 8.17. The van der Waals surface area contributed by atoms with Crippen LogP contribution < -0.4 is 15.5 Å². The second-order valence-electron chi connectivity index (χ2n) is 6.22. The Morgan fingerprint density at radius 1 is 1.39 bits per heavy atom. The first-order chi connectivity index (χ1) is 10.2. The molecule has 2 atom stereocenters. The van der Waals surface area contributed by atoms with E-state index in [1.54, 1.807) is 0 Å². The van der Waals surface area contributed by atoms with Crippen molar-refractivity contribution < 1.29 is 4.79 Å². The van der Waals surface area contributed by atoms with E-state index in [0.29, 0.717) is 18.5 Å². The summed E-state index contributed by atoms with van der Waals surface area (Å²) in [4.78, 5) is 14.4. The standard InChI is InChI=1S/C17H25N3O.2ClH/c1-13(12-19-17(21)11-15-6-4-9-18-15)20-10-8-14-5-2-3-7-16(14)20;;/h2-3,5,7,13,15,18H,4,6,8-12H2,1H3,(H,19,21);2*1H. The van der Waals surface area contributed by atoms with Gasteiger partial charge in [-0.1, -0.05) is 18.2 Å². The van der Waals surface area contributed by atoms with Gasteiger partial charge in [0.05, 0.1) is 0 Å². The van der Waals surface area contributed by atoms with Crippen molar-refractivity contribution in [3.8, 4) is 0 Å². The number of halogens is 2. The fourth-order valence-electron chi connectivity index (χ4n) is 3.42. The van der Waals surface area contributed by atoms with E-state index in [9.17, 15) is 4.79 Å². The fourth-order valence-corrected chi connectivity index (χ4v) is 3.42. The molecule has 0 saturated carbocycles. The molecule has 1 saturated heterocycles. The third-order valence-corrected chi connectivity index (χ3v) is 4.64. The normalized spacial score (nSPS) is 20.2. The first-order valence-corrected chi connectivity index (χ1v) is 8.08. The number of amides is 1. The summed E-state index contributed by atoms with van der Waals surface area (Å²) in [5, 5.41) is 6.47. The van der Waals surface area contributed by atoms with Gasteiger partial charge in [0.15, 0.2) is 0 Å². The van der Waals surface area contributed by atoms with Gasteiger partial charge in [0.25, 0.3) is 0 Å². The van der Waals surface area contributed by atoms with Crippen LogP contribution in [0.4, 0.5) is 5.69 Å². The predicted molar refractivity (Wildman–Crippen MR) is 100 cm³/mol. The Labute approximate surface area is 151 Å². The van der Waals surface area contributed by atoms with Gasteiger partial charge in [0.2, 0.25) is 5.91 Å². The molecule has 2 heterocycles. The highest BCUT2D eigenvalue weighted by atomic mass is 35.5. The number of nitrogens with one attached hydrogen (secondary N) is 2. The maximum Gasteiger partial charge on any atom is 0.221 e. The molecule has 4 nitrogen and oxygen atoms in total. The molecule has 23 heavy (non-hydrogen) atoms. The molecule has 2 unspecified atom stereocenters. The molecule has 0 aliphatic carbocycles. The zero-order chi connectivity index (χ0) is 14.7. The minimum Gasteiger partial charge on any atom is -0.366 e. The molecule has 2 aliphatic heterocycles. The maximum atomic E-state index is 12.0. The summed E-state index contributed by atoms with van der Waals surface area (Å²) in [5.41, 5.74) is 2.75. The molecule has 0 spiro atoms. The molecular weight excluding hydrogens is 333 g/mol. The number of fused-ring (bicyclic) bond motifs is 1. The highest BCUT2D eigenvalue weighted by molar-refractivity contribution is 5.85. The van der Waals surface area contributed by atoms with Gasteiger partial charge in [0, 0.05) is 37.3 Å². The Morgan fingerprint density at radius 3 is 2.91 bits per heavy atom. The molecule has 1 fully saturated rings. The van der Waals surface area contributed by atoms with Crippen LogP contribution in [0.1, 0.15) is 31.7 Å². The Balaban J connectivity index is 0.00000132. The lowest BCUT2D eigenvalue weighted by Gasteiger charge is -2.27. The van der Waals surface area contributed by atoms with Crippen molar-refractivity contribution in [1.29, 1.82) is 0 Å². The number of nitrogens with zero attached hydrogens (tertiary/aromatic N) is 1. The lowest BCUT2D eigenvalue weighted by Crippen LogP contribution is -2.42. The predicted octanol–water partition coefficient (Wildman–Crippen LogP) is 2.54. The zero-order valence-electron chi connectivity index (χ0n) is 13.6. The molecule has 0 aromatic heterocycles. The number of rotatable bonds is 5. The number of carbonyl (C=O) groups is 1. The van der Waals surface area contributed by atoms with Crippen molar-refractivity contribution in [3.05, 3.63) is 29.8 Å². The average molecular weight is 360 g/mol. The third-order valence-electron chi connectivity index (χ3n) is 4.64. The molecule has 3 rings (SSSR count). The van der Waals surface area contributed by atoms with Crippen LogP contribution in [0.2, 0.25) is 0 Å². The van der Waals surface area contributed by atoms with E-state index in [2.05, 4.69) is 46.7 Å². The van der Waals surface area contributed by atoms with Crippen LogP contribution in [0.15, 0.2) is 24.3 Å². The van der Waals surface area contributed by atoms with Crippen LogP contribution in [0.3, 0.4) is 0 Å². The van der Waals surface area contributed by atoms with Gasteiger partial charge >= 0.3 is 0 Å². The SMILES string of the molecule is CC(CNC(=O)CC1CCCN1)N1CCc2ccccc21.Cl.Cl. The smallest absolute Gasteiger partial charge is 0.221 e. The molecule has 0 radical (unpaired) electrons. The zero-order valence-corrected chi connectivity index (χ0v) is 15.2. The van der Waals surface area contributed by atoms with E-state index in [4.69, 9.17) is 0 Å². The molecule has 2 N–H and O–H groups in total. The highest BCUT2D eigenvalue weighted by Crippen LogP contribution is 2.28. The summed E-state index contributed by atoms with van der Waals surface area (Å²) in [7, 11) is 0. The van der Waals surface area contributed by atoms with Gasteiger partial charge in [-0.25, -0.2) is 0 Å². The highest BCUT2D eigenvalue weighted by Gasteiger charge is 2.23. The fraction of sp³-hybridized carbons (Fsp3) is 0.588. The first kappa shape index (κ1) is 20.1. The van der Waals surface area contributed by atoms with Crippen LogP contribution in [0.25, 0.3) is 0 Å². The van der Waals surface area contributed by atoms with E-state index in [0.717, 1.165) is 32.5 Å². The van der Waals surface area contributed by atoms with Crippen molar-refractivity contribution in [2.24, 2.45) is 0 Å². The number of hydrogen-bond donors (Lipinski definition) is 2.